The number of aliphatic hydroxyl groups is 1. The second-order valence-corrected chi connectivity index (χ2v) is 2.72. The average Bonchev–Trinajstić information content (AvgIpc) is 2.38. The molecule has 10 heavy (non-hydrogen) atoms. The minimum Gasteiger partial charge on any atom is -0.395 e. The van der Waals surface area contributed by atoms with Gasteiger partial charge in [-0.05, 0) is 13.5 Å². The van der Waals surface area contributed by atoms with E-state index in [-0.39, 0.29) is 6.61 Å². The molecule has 60 valence electrons. The van der Waals surface area contributed by atoms with Crippen molar-refractivity contribution in [3.63, 3.8) is 0 Å². The summed E-state index contributed by atoms with van der Waals surface area (Å²) in [6, 6.07) is 0.534. The largest absolute Gasteiger partial charge is 0.395 e. The van der Waals surface area contributed by atoms with Gasteiger partial charge in [-0.25, -0.2) is 0 Å². The molecule has 0 bridgehead atoms. The molecular weight excluding hydrogens is 130 g/mol. The molecule has 1 N–H and O–H groups in total. The van der Waals surface area contributed by atoms with Crippen LogP contribution in [0.1, 0.15) is 6.42 Å². The van der Waals surface area contributed by atoms with Crippen LogP contribution >= 0.6 is 0 Å². The van der Waals surface area contributed by atoms with Crippen molar-refractivity contribution in [2.75, 3.05) is 33.4 Å². The predicted octanol–water partition coefficient (Wildman–Crippen LogP) is -0.301. The molecule has 1 aliphatic heterocycles. The Bertz CT molecular complexity index is 91.6. The molecule has 1 aliphatic rings. The zero-order valence-corrected chi connectivity index (χ0v) is 6.42. The van der Waals surface area contributed by atoms with E-state index in [9.17, 15) is 0 Å². The summed E-state index contributed by atoms with van der Waals surface area (Å²) in [5.74, 6) is 0. The fourth-order valence-corrected chi connectivity index (χ4v) is 1.21. The van der Waals surface area contributed by atoms with Crippen LogP contribution in [0, 0.1) is 0 Å². The Kier molecular flexibility index (Phi) is 3.12. The van der Waals surface area contributed by atoms with E-state index < -0.39 is 0 Å². The Morgan fingerprint density at radius 3 is 3.00 bits per heavy atom. The van der Waals surface area contributed by atoms with E-state index in [2.05, 4.69) is 4.90 Å². The lowest BCUT2D eigenvalue weighted by molar-refractivity contribution is 0.143. The molecule has 1 fully saturated rings. The first kappa shape index (κ1) is 7.98. The van der Waals surface area contributed by atoms with Crippen LogP contribution in [0.15, 0.2) is 0 Å². The van der Waals surface area contributed by atoms with Gasteiger partial charge in [-0.15, -0.1) is 0 Å². The Hall–Kier alpha value is -0.120. The van der Waals surface area contributed by atoms with Crippen molar-refractivity contribution in [2.45, 2.75) is 12.5 Å². The van der Waals surface area contributed by atoms with Gasteiger partial charge in [-0.1, -0.05) is 0 Å². The number of aliphatic hydroxyl groups excluding tert-OH is 1. The molecule has 1 heterocycles. The summed E-state index contributed by atoms with van der Waals surface area (Å²) in [7, 11) is 2.02. The quantitative estimate of drug-likeness (QED) is 0.592. The summed E-state index contributed by atoms with van der Waals surface area (Å²) in [6.45, 7) is 2.71. The molecule has 0 aromatic rings. The Balaban J connectivity index is 2.18. The van der Waals surface area contributed by atoms with E-state index >= 15 is 0 Å². The molecule has 3 nitrogen and oxygen atoms in total. The van der Waals surface area contributed by atoms with E-state index in [1.54, 1.807) is 0 Å². The van der Waals surface area contributed by atoms with Crippen molar-refractivity contribution < 1.29 is 9.84 Å². The third kappa shape index (κ3) is 1.94. The zero-order valence-electron chi connectivity index (χ0n) is 6.42. The molecule has 1 saturated heterocycles. The molecule has 0 spiro atoms. The number of hydrogen-bond donors (Lipinski definition) is 1. The summed E-state index contributed by atoms with van der Waals surface area (Å²) >= 11 is 0. The molecule has 0 radical (unpaired) electrons. The standard InChI is InChI=1S/C7H15NO2/c1-8(3-4-9)7-2-5-10-6-7/h7,9H,2-6H2,1H3. The molecule has 1 atom stereocenters. The van der Waals surface area contributed by atoms with Gasteiger partial charge in [-0.3, -0.25) is 4.90 Å². The highest BCUT2D eigenvalue weighted by Gasteiger charge is 2.18. The lowest BCUT2D eigenvalue weighted by Crippen LogP contribution is -2.34. The third-order valence-corrected chi connectivity index (χ3v) is 1.98. The molecule has 3 heteroatoms. The van der Waals surface area contributed by atoms with E-state index in [1.807, 2.05) is 7.05 Å². The summed E-state index contributed by atoms with van der Waals surface area (Å²) < 4.78 is 5.20. The lowest BCUT2D eigenvalue weighted by Gasteiger charge is -2.21. The molecule has 0 amide bonds. The summed E-state index contributed by atoms with van der Waals surface area (Å²) in [5, 5.41) is 8.61. The SMILES string of the molecule is CN(CCO)C1CCOC1. The van der Waals surface area contributed by atoms with Crippen LogP contribution < -0.4 is 0 Å². The minimum absolute atomic E-state index is 0.243. The maximum absolute atomic E-state index is 8.61. The summed E-state index contributed by atoms with van der Waals surface area (Å²) in [4.78, 5) is 2.15. The van der Waals surface area contributed by atoms with Crippen LogP contribution in [-0.2, 0) is 4.74 Å². The molecule has 0 aliphatic carbocycles. The Morgan fingerprint density at radius 1 is 1.70 bits per heavy atom. The van der Waals surface area contributed by atoms with Gasteiger partial charge in [0, 0.05) is 19.2 Å². The van der Waals surface area contributed by atoms with Gasteiger partial charge >= 0.3 is 0 Å². The predicted molar refractivity (Wildman–Crippen MR) is 38.9 cm³/mol. The van der Waals surface area contributed by atoms with Crippen LogP contribution in [0.2, 0.25) is 0 Å². The topological polar surface area (TPSA) is 32.7 Å². The van der Waals surface area contributed by atoms with Gasteiger partial charge in [0.2, 0.25) is 0 Å². The van der Waals surface area contributed by atoms with Gasteiger partial charge in [0.25, 0.3) is 0 Å². The number of likely N-dealkylation sites (N-methyl/N-ethyl adjacent to an activating group) is 1. The number of ether oxygens (including phenoxy) is 1. The highest BCUT2D eigenvalue weighted by molar-refractivity contribution is 4.72. The van der Waals surface area contributed by atoms with Crippen molar-refractivity contribution in [2.24, 2.45) is 0 Å². The van der Waals surface area contributed by atoms with Gasteiger partial charge in [0.1, 0.15) is 0 Å². The van der Waals surface area contributed by atoms with Gasteiger partial charge in [0.05, 0.1) is 13.2 Å². The Labute approximate surface area is 61.6 Å². The van der Waals surface area contributed by atoms with Crippen LogP contribution in [0.5, 0.6) is 0 Å². The smallest absolute Gasteiger partial charge is 0.0622 e. The average molecular weight is 145 g/mol. The monoisotopic (exact) mass is 145 g/mol. The van der Waals surface area contributed by atoms with Crippen LogP contribution in [0.25, 0.3) is 0 Å². The number of hydrogen-bond acceptors (Lipinski definition) is 3. The van der Waals surface area contributed by atoms with Crippen LogP contribution in [-0.4, -0.2) is 49.5 Å². The lowest BCUT2D eigenvalue weighted by atomic mass is 10.2. The van der Waals surface area contributed by atoms with E-state index in [0.29, 0.717) is 6.04 Å². The minimum atomic E-state index is 0.243. The summed E-state index contributed by atoms with van der Waals surface area (Å²) in [6.07, 6.45) is 1.11. The van der Waals surface area contributed by atoms with Crippen molar-refractivity contribution in [1.82, 2.24) is 4.90 Å². The molecule has 1 rings (SSSR count). The van der Waals surface area contributed by atoms with E-state index in [4.69, 9.17) is 9.84 Å². The fourth-order valence-electron chi connectivity index (χ4n) is 1.21. The van der Waals surface area contributed by atoms with Crippen molar-refractivity contribution >= 4 is 0 Å². The first-order chi connectivity index (χ1) is 4.84. The fraction of sp³-hybridized carbons (Fsp3) is 1.00. The highest BCUT2D eigenvalue weighted by Crippen LogP contribution is 2.09. The normalized spacial score (nSPS) is 26.1. The second kappa shape index (κ2) is 3.91. The highest BCUT2D eigenvalue weighted by atomic mass is 16.5. The van der Waals surface area contributed by atoms with Gasteiger partial charge in [-0.2, -0.15) is 0 Å². The van der Waals surface area contributed by atoms with Crippen molar-refractivity contribution in [1.29, 1.82) is 0 Å². The number of nitrogens with zero attached hydrogens (tertiary/aromatic N) is 1. The van der Waals surface area contributed by atoms with E-state index in [1.165, 1.54) is 0 Å². The second-order valence-electron chi connectivity index (χ2n) is 2.72. The van der Waals surface area contributed by atoms with Crippen molar-refractivity contribution in [3.05, 3.63) is 0 Å². The Morgan fingerprint density at radius 2 is 2.50 bits per heavy atom. The first-order valence-corrected chi connectivity index (χ1v) is 3.73. The van der Waals surface area contributed by atoms with Crippen molar-refractivity contribution in [3.8, 4) is 0 Å². The maximum atomic E-state index is 8.61. The zero-order chi connectivity index (χ0) is 7.40. The molecule has 0 saturated carbocycles. The summed E-state index contributed by atoms with van der Waals surface area (Å²) in [5.41, 5.74) is 0. The molecule has 1 unspecified atom stereocenters. The van der Waals surface area contributed by atoms with Gasteiger partial charge in [0.15, 0.2) is 0 Å². The molecule has 0 aromatic carbocycles. The van der Waals surface area contributed by atoms with E-state index in [0.717, 1.165) is 26.2 Å². The van der Waals surface area contributed by atoms with Crippen LogP contribution in [0.4, 0.5) is 0 Å². The van der Waals surface area contributed by atoms with Crippen LogP contribution in [0.3, 0.4) is 0 Å². The molecule has 0 aromatic heterocycles. The third-order valence-electron chi connectivity index (χ3n) is 1.98. The maximum Gasteiger partial charge on any atom is 0.0622 e. The first-order valence-electron chi connectivity index (χ1n) is 3.73. The number of rotatable bonds is 3. The van der Waals surface area contributed by atoms with Gasteiger partial charge < -0.3 is 9.84 Å². The molecular formula is C7H15NO2.